The maximum absolute atomic E-state index is 15.0. The highest BCUT2D eigenvalue weighted by Gasteiger charge is 2.53. The number of halogens is 1. The van der Waals surface area contributed by atoms with Crippen molar-refractivity contribution in [3.05, 3.63) is 47.7 Å². The topological polar surface area (TPSA) is 36.9 Å². The van der Waals surface area contributed by atoms with Crippen molar-refractivity contribution >= 4 is 17.9 Å². The summed E-state index contributed by atoms with van der Waals surface area (Å²) in [5.41, 5.74) is -1.27. The van der Waals surface area contributed by atoms with E-state index in [0.29, 0.717) is 17.1 Å². The summed E-state index contributed by atoms with van der Waals surface area (Å²) in [5.74, 6) is 1.22. The molecule has 2 aromatic carbocycles. The summed E-state index contributed by atoms with van der Waals surface area (Å²) in [6.45, 7) is 7.78. The molecule has 2 aromatic rings. The summed E-state index contributed by atoms with van der Waals surface area (Å²) in [7, 11) is -1.04. The van der Waals surface area contributed by atoms with E-state index in [1.54, 1.807) is 0 Å². The van der Waals surface area contributed by atoms with Gasteiger partial charge in [0.25, 0.3) is 0 Å². The number of hydrogen-bond acceptors (Lipinski definition) is 4. The second-order valence-corrected chi connectivity index (χ2v) is 7.76. The molecule has 2 aliphatic heterocycles. The predicted molar refractivity (Wildman–Crippen MR) is 99.2 cm³/mol. The Balaban J connectivity index is 1.60. The Hall–Kier alpha value is -2.05. The van der Waals surface area contributed by atoms with Crippen molar-refractivity contribution in [3.8, 4) is 11.5 Å². The van der Waals surface area contributed by atoms with Gasteiger partial charge in [-0.15, -0.1) is 0 Å². The molecule has 2 aliphatic rings. The third kappa shape index (κ3) is 2.87. The van der Waals surface area contributed by atoms with Crippen LogP contribution in [0.3, 0.4) is 0 Å². The Morgan fingerprint density at radius 2 is 1.35 bits per heavy atom. The second kappa shape index (κ2) is 6.00. The molecule has 26 heavy (non-hydrogen) atoms. The summed E-state index contributed by atoms with van der Waals surface area (Å²) in [6, 6.07) is 11.8. The van der Waals surface area contributed by atoms with Crippen LogP contribution in [0, 0.1) is 0 Å². The number of benzene rings is 2. The van der Waals surface area contributed by atoms with E-state index < -0.39 is 24.0 Å². The summed E-state index contributed by atoms with van der Waals surface area (Å²) >= 11 is 0. The number of hydrogen-bond donors (Lipinski definition) is 0. The normalized spacial score (nSPS) is 21.0. The summed E-state index contributed by atoms with van der Waals surface area (Å²) in [6.07, 6.45) is 0. The first-order chi connectivity index (χ1) is 12.3. The standard InChI is InChI=1S/C20H22BFO4/c1-19(2)20(3,4)26-21(25-19)18(22)15-11-23-16-9-13-7-5-6-8-14(13)10-17(16)24-12-15/h5-10H,11-12H2,1-4H3. The lowest BCUT2D eigenvalue weighted by Gasteiger charge is -2.32. The first-order valence-electron chi connectivity index (χ1n) is 8.78. The van der Waals surface area contributed by atoms with Crippen molar-refractivity contribution in [3.63, 3.8) is 0 Å². The summed E-state index contributed by atoms with van der Waals surface area (Å²) in [5, 5.41) is 2.10. The van der Waals surface area contributed by atoms with E-state index in [-0.39, 0.29) is 13.2 Å². The molecule has 136 valence electrons. The smallest absolute Gasteiger partial charge is 0.485 e. The Bertz CT molecular complexity index is 826. The molecule has 1 fully saturated rings. The molecule has 0 radical (unpaired) electrons. The van der Waals surface area contributed by atoms with Gasteiger partial charge in [0.15, 0.2) is 11.5 Å². The maximum atomic E-state index is 15.0. The molecule has 0 amide bonds. The fourth-order valence-electron chi connectivity index (χ4n) is 3.05. The van der Waals surface area contributed by atoms with Gasteiger partial charge in [-0.1, -0.05) is 24.3 Å². The SMILES string of the molecule is CC1(C)OB(C(F)=C2COc3cc4ccccc4cc3OC2)OC1(C)C. The van der Waals surface area contributed by atoms with Crippen molar-refractivity contribution in [2.24, 2.45) is 0 Å². The molecular weight excluding hydrogens is 334 g/mol. The molecule has 4 nitrogen and oxygen atoms in total. The van der Waals surface area contributed by atoms with Crippen LogP contribution in [-0.4, -0.2) is 31.5 Å². The van der Waals surface area contributed by atoms with Gasteiger partial charge in [-0.25, -0.2) is 4.39 Å². The van der Waals surface area contributed by atoms with E-state index in [4.69, 9.17) is 18.8 Å². The molecule has 0 N–H and O–H groups in total. The highest BCUT2D eigenvalue weighted by atomic mass is 19.1. The van der Waals surface area contributed by atoms with Crippen LogP contribution < -0.4 is 9.47 Å². The molecular formula is C20H22BFO4. The molecule has 2 heterocycles. The lowest BCUT2D eigenvalue weighted by molar-refractivity contribution is 0.00578. The van der Waals surface area contributed by atoms with Crippen LogP contribution in [0.5, 0.6) is 11.5 Å². The highest BCUT2D eigenvalue weighted by molar-refractivity contribution is 6.53. The van der Waals surface area contributed by atoms with Crippen molar-refractivity contribution in [1.82, 2.24) is 0 Å². The van der Waals surface area contributed by atoms with Crippen molar-refractivity contribution in [2.45, 2.75) is 38.9 Å². The van der Waals surface area contributed by atoms with Gasteiger partial charge < -0.3 is 18.8 Å². The lowest BCUT2D eigenvalue weighted by atomic mass is 9.85. The molecule has 0 saturated carbocycles. The Morgan fingerprint density at radius 1 is 0.885 bits per heavy atom. The van der Waals surface area contributed by atoms with Gasteiger partial charge in [0.1, 0.15) is 18.9 Å². The average Bonchev–Trinajstić information content (AvgIpc) is 2.74. The largest absolute Gasteiger partial charge is 0.525 e. The third-order valence-corrected chi connectivity index (χ3v) is 5.41. The highest BCUT2D eigenvalue weighted by Crippen LogP contribution is 2.40. The zero-order valence-electron chi connectivity index (χ0n) is 15.5. The van der Waals surface area contributed by atoms with Gasteiger partial charge in [-0.2, -0.15) is 0 Å². The van der Waals surface area contributed by atoms with Crippen LogP contribution >= 0.6 is 0 Å². The molecule has 0 unspecified atom stereocenters. The molecule has 0 aromatic heterocycles. The molecule has 1 saturated heterocycles. The zero-order chi connectivity index (χ0) is 18.5. The zero-order valence-corrected chi connectivity index (χ0v) is 15.5. The minimum Gasteiger partial charge on any atom is -0.485 e. The van der Waals surface area contributed by atoms with Gasteiger partial charge in [0.2, 0.25) is 0 Å². The molecule has 0 aliphatic carbocycles. The third-order valence-electron chi connectivity index (χ3n) is 5.41. The Kier molecular flexibility index (Phi) is 4.01. The molecule has 0 bridgehead atoms. The van der Waals surface area contributed by atoms with Gasteiger partial charge in [-0.3, -0.25) is 0 Å². The Morgan fingerprint density at radius 3 is 1.81 bits per heavy atom. The maximum Gasteiger partial charge on any atom is 0.525 e. The second-order valence-electron chi connectivity index (χ2n) is 7.76. The summed E-state index contributed by atoms with van der Waals surface area (Å²) < 4.78 is 38.3. The van der Waals surface area contributed by atoms with Crippen LogP contribution in [0.1, 0.15) is 27.7 Å². The van der Waals surface area contributed by atoms with Crippen molar-refractivity contribution < 1.29 is 23.2 Å². The first kappa shape index (κ1) is 17.4. The first-order valence-corrected chi connectivity index (χ1v) is 8.78. The van der Waals surface area contributed by atoms with E-state index in [1.807, 2.05) is 64.1 Å². The number of fused-ring (bicyclic) bond motifs is 2. The van der Waals surface area contributed by atoms with Gasteiger partial charge in [0, 0.05) is 5.57 Å². The van der Waals surface area contributed by atoms with E-state index >= 15 is 4.39 Å². The minimum absolute atomic E-state index is 0.0985. The monoisotopic (exact) mass is 356 g/mol. The van der Waals surface area contributed by atoms with E-state index in [1.165, 1.54) is 0 Å². The lowest BCUT2D eigenvalue weighted by Crippen LogP contribution is -2.41. The van der Waals surface area contributed by atoms with Crippen LogP contribution in [-0.2, 0) is 9.31 Å². The quantitative estimate of drug-likeness (QED) is 0.707. The minimum atomic E-state index is -1.04. The number of rotatable bonds is 1. The van der Waals surface area contributed by atoms with E-state index in [2.05, 4.69) is 0 Å². The van der Waals surface area contributed by atoms with Crippen molar-refractivity contribution in [1.29, 1.82) is 0 Å². The predicted octanol–water partition coefficient (Wildman–Crippen LogP) is 4.47. The van der Waals surface area contributed by atoms with Gasteiger partial charge in [0.05, 0.1) is 11.2 Å². The van der Waals surface area contributed by atoms with Crippen LogP contribution in [0.15, 0.2) is 47.7 Å². The van der Waals surface area contributed by atoms with Crippen LogP contribution in [0.4, 0.5) is 4.39 Å². The van der Waals surface area contributed by atoms with Gasteiger partial charge >= 0.3 is 7.12 Å². The molecule has 0 atom stereocenters. The Labute approximate surface area is 153 Å². The summed E-state index contributed by atoms with van der Waals surface area (Å²) in [4.78, 5) is 0. The fraction of sp³-hybridized carbons (Fsp3) is 0.400. The van der Waals surface area contributed by atoms with Crippen LogP contribution in [0.2, 0.25) is 0 Å². The molecule has 0 spiro atoms. The average molecular weight is 356 g/mol. The fourth-order valence-corrected chi connectivity index (χ4v) is 3.05. The molecule has 4 rings (SSSR count). The van der Waals surface area contributed by atoms with E-state index in [9.17, 15) is 0 Å². The van der Waals surface area contributed by atoms with Crippen LogP contribution in [0.25, 0.3) is 10.8 Å². The van der Waals surface area contributed by atoms with Crippen molar-refractivity contribution in [2.75, 3.05) is 13.2 Å². The van der Waals surface area contributed by atoms with Gasteiger partial charge in [-0.05, 0) is 50.6 Å². The molecule has 6 heteroatoms. The van der Waals surface area contributed by atoms with E-state index in [0.717, 1.165) is 10.8 Å². The number of ether oxygens (including phenoxy) is 2.